The van der Waals surface area contributed by atoms with Gasteiger partial charge in [-0.3, -0.25) is 4.99 Å². The van der Waals surface area contributed by atoms with Crippen LogP contribution in [-0.4, -0.2) is 71.7 Å². The first kappa shape index (κ1) is 25.0. The Hall–Kier alpha value is -1.26. The molecule has 0 bridgehead atoms. The molecule has 0 spiro atoms. The molecule has 1 unspecified atom stereocenters. The summed E-state index contributed by atoms with van der Waals surface area (Å²) < 4.78 is 16.7. The Morgan fingerprint density at radius 2 is 2.10 bits per heavy atom. The van der Waals surface area contributed by atoms with Gasteiger partial charge >= 0.3 is 0 Å². The molecule has 3 rings (SSSR count). The standard InChI is InChI=1S/C22H36N4O3.HI/c1-23-22(24-11-5-13-29-20-9-14-28-15-10-20)25-18-6-4-12-26(17-18)19-7-3-8-21(16-19)27-2;/h3,7-8,16,18,20H,4-6,9-15,17H2,1-2H3,(H2,23,24,25);1H. The molecule has 2 heterocycles. The van der Waals surface area contributed by atoms with E-state index in [0.717, 1.165) is 83.3 Å². The number of nitrogens with one attached hydrogen (secondary N) is 2. The summed E-state index contributed by atoms with van der Waals surface area (Å²) in [5, 5.41) is 7.01. The fourth-order valence-electron chi connectivity index (χ4n) is 3.90. The van der Waals surface area contributed by atoms with E-state index in [9.17, 15) is 0 Å². The van der Waals surface area contributed by atoms with E-state index < -0.39 is 0 Å². The first-order valence-corrected chi connectivity index (χ1v) is 10.8. The van der Waals surface area contributed by atoms with E-state index in [1.54, 1.807) is 7.11 Å². The van der Waals surface area contributed by atoms with Crippen LogP contribution in [-0.2, 0) is 9.47 Å². The summed E-state index contributed by atoms with van der Waals surface area (Å²) in [6.45, 7) is 5.32. The number of nitrogens with zero attached hydrogens (tertiary/aromatic N) is 2. The molecule has 0 radical (unpaired) electrons. The van der Waals surface area contributed by atoms with E-state index in [1.807, 2.05) is 19.2 Å². The Bertz CT molecular complexity index is 641. The molecule has 2 fully saturated rings. The largest absolute Gasteiger partial charge is 0.497 e. The number of halogens is 1. The number of benzene rings is 1. The third kappa shape index (κ3) is 8.11. The molecule has 2 aliphatic heterocycles. The minimum absolute atomic E-state index is 0. The number of aliphatic imine (C=N–C) groups is 1. The first-order chi connectivity index (χ1) is 14.3. The van der Waals surface area contributed by atoms with E-state index in [0.29, 0.717) is 12.1 Å². The molecule has 30 heavy (non-hydrogen) atoms. The molecule has 0 aromatic heterocycles. The monoisotopic (exact) mass is 532 g/mol. The van der Waals surface area contributed by atoms with Crippen LogP contribution in [0.5, 0.6) is 5.75 Å². The molecule has 8 heteroatoms. The van der Waals surface area contributed by atoms with Gasteiger partial charge in [0, 0.05) is 64.3 Å². The lowest BCUT2D eigenvalue weighted by Gasteiger charge is -2.35. The third-order valence-corrected chi connectivity index (χ3v) is 5.54. The van der Waals surface area contributed by atoms with Crippen molar-refractivity contribution in [2.45, 2.75) is 44.2 Å². The lowest BCUT2D eigenvalue weighted by atomic mass is 10.0. The number of guanidine groups is 1. The summed E-state index contributed by atoms with van der Waals surface area (Å²) in [5.74, 6) is 1.77. The van der Waals surface area contributed by atoms with Crippen LogP contribution in [0.3, 0.4) is 0 Å². The van der Waals surface area contributed by atoms with Crippen LogP contribution in [0.4, 0.5) is 5.69 Å². The van der Waals surface area contributed by atoms with Crippen molar-refractivity contribution in [1.82, 2.24) is 10.6 Å². The lowest BCUT2D eigenvalue weighted by molar-refractivity contribution is -0.0320. The fraction of sp³-hybridized carbons (Fsp3) is 0.682. The summed E-state index contributed by atoms with van der Waals surface area (Å²) in [6, 6.07) is 8.67. The second-order valence-electron chi connectivity index (χ2n) is 7.67. The molecular weight excluding hydrogens is 495 g/mol. The normalized spacial score (nSPS) is 20.4. The van der Waals surface area contributed by atoms with E-state index in [-0.39, 0.29) is 24.0 Å². The van der Waals surface area contributed by atoms with Gasteiger partial charge in [0.2, 0.25) is 0 Å². The first-order valence-electron chi connectivity index (χ1n) is 10.8. The summed E-state index contributed by atoms with van der Waals surface area (Å²) in [7, 11) is 3.54. The van der Waals surface area contributed by atoms with Gasteiger partial charge in [0.05, 0.1) is 13.2 Å². The quantitative estimate of drug-likeness (QED) is 0.232. The molecule has 1 aromatic rings. The van der Waals surface area contributed by atoms with Gasteiger partial charge in [0.15, 0.2) is 5.96 Å². The molecule has 0 aliphatic carbocycles. The number of hydrogen-bond donors (Lipinski definition) is 2. The molecule has 2 aliphatic rings. The highest BCUT2D eigenvalue weighted by Crippen LogP contribution is 2.24. The molecule has 1 atom stereocenters. The topological polar surface area (TPSA) is 67.4 Å². The number of piperidine rings is 1. The van der Waals surface area contributed by atoms with E-state index in [4.69, 9.17) is 14.2 Å². The van der Waals surface area contributed by atoms with Crippen molar-refractivity contribution >= 4 is 35.6 Å². The average molecular weight is 532 g/mol. The maximum atomic E-state index is 5.93. The van der Waals surface area contributed by atoms with Gasteiger partial charge in [0.25, 0.3) is 0 Å². The molecule has 2 saturated heterocycles. The number of ether oxygens (including phenoxy) is 3. The second-order valence-corrected chi connectivity index (χ2v) is 7.67. The van der Waals surface area contributed by atoms with Gasteiger partial charge in [0.1, 0.15) is 5.75 Å². The van der Waals surface area contributed by atoms with Gasteiger partial charge in [-0.15, -0.1) is 24.0 Å². The molecule has 2 N–H and O–H groups in total. The highest BCUT2D eigenvalue weighted by molar-refractivity contribution is 14.0. The third-order valence-electron chi connectivity index (χ3n) is 5.54. The Morgan fingerprint density at radius 3 is 2.87 bits per heavy atom. The Kier molecular flexibility index (Phi) is 11.6. The zero-order valence-corrected chi connectivity index (χ0v) is 20.6. The Balaban J connectivity index is 0.00000320. The Labute approximate surface area is 197 Å². The van der Waals surface area contributed by atoms with Crippen LogP contribution >= 0.6 is 24.0 Å². The summed E-state index contributed by atoms with van der Waals surface area (Å²) >= 11 is 0. The highest BCUT2D eigenvalue weighted by Gasteiger charge is 2.21. The van der Waals surface area contributed by atoms with E-state index in [2.05, 4.69) is 32.7 Å². The SMILES string of the molecule is CN=C(NCCCOC1CCOCC1)NC1CCCN(c2cccc(OC)c2)C1.I. The van der Waals surface area contributed by atoms with Crippen molar-refractivity contribution < 1.29 is 14.2 Å². The van der Waals surface area contributed by atoms with Crippen molar-refractivity contribution in [3.8, 4) is 5.75 Å². The minimum Gasteiger partial charge on any atom is -0.497 e. The van der Waals surface area contributed by atoms with E-state index in [1.165, 1.54) is 5.69 Å². The van der Waals surface area contributed by atoms with Crippen LogP contribution in [0.15, 0.2) is 29.3 Å². The fourth-order valence-corrected chi connectivity index (χ4v) is 3.90. The van der Waals surface area contributed by atoms with Crippen molar-refractivity contribution in [3.63, 3.8) is 0 Å². The zero-order chi connectivity index (χ0) is 20.3. The molecular formula is C22H37IN4O3. The van der Waals surface area contributed by atoms with Crippen LogP contribution in [0.25, 0.3) is 0 Å². The van der Waals surface area contributed by atoms with Gasteiger partial charge < -0.3 is 29.7 Å². The number of hydrogen-bond acceptors (Lipinski definition) is 5. The van der Waals surface area contributed by atoms with Crippen LogP contribution in [0, 0.1) is 0 Å². The lowest BCUT2D eigenvalue weighted by Crippen LogP contribution is -2.51. The van der Waals surface area contributed by atoms with E-state index >= 15 is 0 Å². The predicted octanol–water partition coefficient (Wildman–Crippen LogP) is 3.03. The summed E-state index contributed by atoms with van der Waals surface area (Å²) in [4.78, 5) is 6.81. The minimum atomic E-state index is 0. The molecule has 170 valence electrons. The number of methoxy groups -OCH3 is 1. The number of anilines is 1. The second kappa shape index (κ2) is 13.9. The van der Waals surface area contributed by atoms with Crippen molar-refractivity contribution in [1.29, 1.82) is 0 Å². The zero-order valence-electron chi connectivity index (χ0n) is 18.3. The van der Waals surface area contributed by atoms with Crippen molar-refractivity contribution in [2.75, 3.05) is 58.5 Å². The average Bonchev–Trinajstić information content (AvgIpc) is 2.79. The maximum Gasteiger partial charge on any atom is 0.191 e. The van der Waals surface area contributed by atoms with Gasteiger partial charge in [-0.2, -0.15) is 0 Å². The smallest absolute Gasteiger partial charge is 0.191 e. The highest BCUT2D eigenvalue weighted by atomic mass is 127. The van der Waals surface area contributed by atoms with Crippen molar-refractivity contribution in [3.05, 3.63) is 24.3 Å². The predicted molar refractivity (Wildman–Crippen MR) is 133 cm³/mol. The Morgan fingerprint density at radius 1 is 1.27 bits per heavy atom. The number of rotatable bonds is 8. The maximum absolute atomic E-state index is 5.93. The van der Waals surface area contributed by atoms with Crippen LogP contribution in [0.2, 0.25) is 0 Å². The molecule has 0 amide bonds. The molecule has 0 saturated carbocycles. The molecule has 1 aromatic carbocycles. The summed E-state index contributed by atoms with van der Waals surface area (Å²) in [6.07, 6.45) is 5.67. The summed E-state index contributed by atoms with van der Waals surface area (Å²) in [5.41, 5.74) is 1.21. The van der Waals surface area contributed by atoms with Crippen molar-refractivity contribution in [2.24, 2.45) is 4.99 Å². The van der Waals surface area contributed by atoms with Crippen LogP contribution in [0.1, 0.15) is 32.1 Å². The van der Waals surface area contributed by atoms with Crippen LogP contribution < -0.4 is 20.3 Å². The van der Waals surface area contributed by atoms with Gasteiger partial charge in [-0.25, -0.2) is 0 Å². The van der Waals surface area contributed by atoms with Gasteiger partial charge in [-0.05, 0) is 44.2 Å². The molecule has 7 nitrogen and oxygen atoms in total. The van der Waals surface area contributed by atoms with Gasteiger partial charge in [-0.1, -0.05) is 6.07 Å².